The van der Waals surface area contributed by atoms with Gasteiger partial charge in [-0.2, -0.15) is 5.10 Å². The molecule has 0 fully saturated rings. The van der Waals surface area contributed by atoms with Gasteiger partial charge in [0.15, 0.2) is 0 Å². The lowest BCUT2D eigenvalue weighted by molar-refractivity contribution is 0.0988. The number of carbonyl (C=O) groups excluding carboxylic acids is 1. The zero-order chi connectivity index (χ0) is 23.1. The van der Waals surface area contributed by atoms with Gasteiger partial charge in [-0.25, -0.2) is 0 Å². The topological polar surface area (TPSA) is 67.5 Å². The van der Waals surface area contributed by atoms with Crippen molar-refractivity contribution in [2.75, 3.05) is 19.1 Å². The molecule has 1 N–H and O–H groups in total. The highest BCUT2D eigenvalue weighted by Crippen LogP contribution is 2.48. The maximum atomic E-state index is 13.7. The maximum Gasteiger partial charge on any atom is 0.277 e. The number of ether oxygens (including phenoxy) is 2. The summed E-state index contributed by atoms with van der Waals surface area (Å²) in [5.74, 6) is 1.12. The number of aromatic nitrogens is 2. The van der Waals surface area contributed by atoms with Crippen LogP contribution < -0.4 is 14.4 Å². The number of anilines is 1. The summed E-state index contributed by atoms with van der Waals surface area (Å²) in [5, 5.41) is 8.09. The van der Waals surface area contributed by atoms with Crippen molar-refractivity contribution >= 4 is 39.1 Å². The summed E-state index contributed by atoms with van der Waals surface area (Å²) in [6.45, 7) is 0. The minimum atomic E-state index is -0.490. The molecule has 1 atom stereocenters. The van der Waals surface area contributed by atoms with Crippen molar-refractivity contribution < 1.29 is 14.3 Å². The first-order valence-corrected chi connectivity index (χ1v) is 11.3. The molecule has 3 aromatic carbocycles. The van der Waals surface area contributed by atoms with Gasteiger partial charge < -0.3 is 9.47 Å². The zero-order valence-electron chi connectivity index (χ0n) is 17.8. The number of benzene rings is 3. The minimum absolute atomic E-state index is 0.182. The van der Waals surface area contributed by atoms with Crippen LogP contribution in [0.1, 0.15) is 27.7 Å². The molecule has 0 radical (unpaired) electrons. The molecule has 0 saturated heterocycles. The summed E-state index contributed by atoms with van der Waals surface area (Å²) in [4.78, 5) is 15.4. The molecule has 1 aromatic heterocycles. The van der Waals surface area contributed by atoms with Crippen LogP contribution in [0.15, 0.2) is 71.2 Å². The Morgan fingerprint density at radius 2 is 1.73 bits per heavy atom. The molecule has 5 rings (SSSR count). The summed E-state index contributed by atoms with van der Waals surface area (Å²) in [6.07, 6.45) is 0. The number of halogens is 2. The first kappa shape index (κ1) is 21.6. The van der Waals surface area contributed by atoms with Gasteiger partial charge in [0.25, 0.3) is 5.91 Å². The first-order valence-electron chi connectivity index (χ1n) is 10.2. The number of fused-ring (bicyclic) bond motifs is 1. The van der Waals surface area contributed by atoms with Gasteiger partial charge in [0.05, 0.1) is 26.0 Å². The Kier molecular flexibility index (Phi) is 5.60. The van der Waals surface area contributed by atoms with Crippen LogP contribution in [0.3, 0.4) is 0 Å². The highest BCUT2D eigenvalue weighted by molar-refractivity contribution is 9.10. The van der Waals surface area contributed by atoms with E-state index in [1.165, 1.54) is 0 Å². The van der Waals surface area contributed by atoms with Crippen molar-refractivity contribution in [3.8, 4) is 22.8 Å². The summed E-state index contributed by atoms with van der Waals surface area (Å²) in [7, 11) is 3.22. The van der Waals surface area contributed by atoms with Crippen LogP contribution in [0.25, 0.3) is 11.3 Å². The second-order valence-electron chi connectivity index (χ2n) is 7.53. The van der Waals surface area contributed by atoms with Crippen molar-refractivity contribution in [1.82, 2.24) is 10.2 Å². The molecule has 6 nitrogen and oxygen atoms in total. The third-order valence-electron chi connectivity index (χ3n) is 5.72. The van der Waals surface area contributed by atoms with Crippen molar-refractivity contribution in [3.63, 3.8) is 0 Å². The van der Waals surface area contributed by atoms with Crippen LogP contribution >= 0.6 is 27.5 Å². The number of hydrogen-bond donors (Lipinski definition) is 1. The lowest BCUT2D eigenvalue weighted by Crippen LogP contribution is -2.29. The summed E-state index contributed by atoms with van der Waals surface area (Å²) >= 11 is 9.60. The van der Waals surface area contributed by atoms with E-state index in [0.717, 1.165) is 21.2 Å². The molecule has 0 aliphatic carbocycles. The van der Waals surface area contributed by atoms with E-state index >= 15 is 0 Å². The molecule has 4 aromatic rings. The fraction of sp³-hybridized carbons (Fsp3) is 0.120. The Morgan fingerprint density at radius 1 is 1.00 bits per heavy atom. The fourth-order valence-corrected chi connectivity index (χ4v) is 4.58. The molecule has 1 aliphatic heterocycles. The predicted molar refractivity (Wildman–Crippen MR) is 131 cm³/mol. The third kappa shape index (κ3) is 3.67. The van der Waals surface area contributed by atoms with E-state index in [1.54, 1.807) is 31.3 Å². The van der Waals surface area contributed by atoms with E-state index in [-0.39, 0.29) is 5.91 Å². The number of nitrogens with zero attached hydrogens (tertiary/aromatic N) is 2. The van der Waals surface area contributed by atoms with E-state index in [4.69, 9.17) is 21.1 Å². The third-order valence-corrected chi connectivity index (χ3v) is 6.50. The molecule has 1 amide bonds. The number of rotatable bonds is 5. The SMILES string of the molecule is COc1ccc(OC)c([C@@H]2c3c(-c4ccc(Br)cc4)n[nH]c3C(=O)N2c2ccc(Cl)cc2)c1. The van der Waals surface area contributed by atoms with Crippen molar-refractivity contribution in [2.24, 2.45) is 0 Å². The second kappa shape index (κ2) is 8.57. The highest BCUT2D eigenvalue weighted by atomic mass is 79.9. The van der Waals surface area contributed by atoms with Gasteiger partial charge in [-0.1, -0.05) is 39.7 Å². The Bertz CT molecular complexity index is 1340. The standard InChI is InChI=1S/C25H19BrClN3O3/c1-32-18-11-12-20(33-2)19(13-18)24-21-22(14-3-5-15(26)6-4-14)28-29-23(21)25(31)30(24)17-9-7-16(27)8-10-17/h3-13,24H,1-2H3,(H,28,29)/t24-/m1/s1. The molecule has 2 heterocycles. The lowest BCUT2D eigenvalue weighted by atomic mass is 9.95. The molecule has 0 saturated carbocycles. The predicted octanol–water partition coefficient (Wildman–Crippen LogP) is 6.26. The Labute approximate surface area is 204 Å². The van der Waals surface area contributed by atoms with Gasteiger partial charge in [-0.3, -0.25) is 14.8 Å². The average Bonchev–Trinajstić information content (AvgIpc) is 3.39. The van der Waals surface area contributed by atoms with Gasteiger partial charge in [0, 0.05) is 31.9 Å². The lowest BCUT2D eigenvalue weighted by Gasteiger charge is -2.28. The van der Waals surface area contributed by atoms with Gasteiger partial charge in [0.1, 0.15) is 17.2 Å². The molecular weight excluding hydrogens is 506 g/mol. The minimum Gasteiger partial charge on any atom is -0.497 e. The molecule has 166 valence electrons. The summed E-state index contributed by atoms with van der Waals surface area (Å²) < 4.78 is 12.1. The van der Waals surface area contributed by atoms with E-state index in [2.05, 4.69) is 26.1 Å². The van der Waals surface area contributed by atoms with Crippen LogP contribution in [0.2, 0.25) is 5.02 Å². The molecule has 8 heteroatoms. The number of methoxy groups -OCH3 is 2. The van der Waals surface area contributed by atoms with Crippen molar-refractivity contribution in [3.05, 3.63) is 93.0 Å². The van der Waals surface area contributed by atoms with Crippen molar-refractivity contribution in [1.29, 1.82) is 0 Å². The summed E-state index contributed by atoms with van der Waals surface area (Å²) in [5.41, 5.74) is 4.33. The zero-order valence-corrected chi connectivity index (χ0v) is 20.1. The molecule has 33 heavy (non-hydrogen) atoms. The van der Waals surface area contributed by atoms with E-state index in [0.29, 0.717) is 33.6 Å². The molecule has 0 spiro atoms. The van der Waals surface area contributed by atoms with Crippen molar-refractivity contribution in [2.45, 2.75) is 6.04 Å². The molecule has 1 aliphatic rings. The number of carbonyl (C=O) groups is 1. The smallest absolute Gasteiger partial charge is 0.277 e. The molecular formula is C25H19BrClN3O3. The average molecular weight is 525 g/mol. The van der Waals surface area contributed by atoms with E-state index in [1.807, 2.05) is 54.6 Å². The first-order chi connectivity index (χ1) is 16.0. The Morgan fingerprint density at radius 3 is 2.39 bits per heavy atom. The van der Waals surface area contributed by atoms with Crippen LogP contribution in [-0.2, 0) is 0 Å². The van der Waals surface area contributed by atoms with Gasteiger partial charge >= 0.3 is 0 Å². The second-order valence-corrected chi connectivity index (χ2v) is 8.88. The molecule has 0 bridgehead atoms. The van der Waals surface area contributed by atoms with Crippen LogP contribution in [0, 0.1) is 0 Å². The number of hydrogen-bond acceptors (Lipinski definition) is 4. The Hall–Kier alpha value is -3.29. The normalized spacial score (nSPS) is 15.0. The van der Waals surface area contributed by atoms with Crippen LogP contribution in [-0.4, -0.2) is 30.3 Å². The fourth-order valence-electron chi connectivity index (χ4n) is 4.19. The maximum absolute atomic E-state index is 13.7. The highest BCUT2D eigenvalue weighted by Gasteiger charge is 2.44. The monoisotopic (exact) mass is 523 g/mol. The van der Waals surface area contributed by atoms with E-state index in [9.17, 15) is 4.79 Å². The number of H-pyrrole nitrogens is 1. The number of amides is 1. The Balaban J connectivity index is 1.76. The van der Waals surface area contributed by atoms with Gasteiger partial charge in [-0.15, -0.1) is 0 Å². The number of aromatic amines is 1. The largest absolute Gasteiger partial charge is 0.497 e. The van der Waals surface area contributed by atoms with E-state index < -0.39 is 6.04 Å². The summed E-state index contributed by atoms with van der Waals surface area (Å²) in [6, 6.07) is 20.1. The number of nitrogens with one attached hydrogen (secondary N) is 1. The van der Waals surface area contributed by atoms with Crippen LogP contribution in [0.5, 0.6) is 11.5 Å². The van der Waals surface area contributed by atoms with Gasteiger partial charge in [-0.05, 0) is 54.6 Å². The quantitative estimate of drug-likeness (QED) is 0.335. The van der Waals surface area contributed by atoms with Crippen LogP contribution in [0.4, 0.5) is 5.69 Å². The molecule has 0 unspecified atom stereocenters. The van der Waals surface area contributed by atoms with Gasteiger partial charge in [0.2, 0.25) is 0 Å².